The van der Waals surface area contributed by atoms with Gasteiger partial charge in [-0.25, -0.2) is 0 Å². The molecular weight excluding hydrogens is 366 g/mol. The zero-order valence-electron chi connectivity index (χ0n) is 15.5. The number of hydrogen-bond donors (Lipinski definition) is 2. The molecule has 2 amide bonds. The molecule has 2 bridgehead atoms. The minimum absolute atomic E-state index is 0.0597. The van der Waals surface area contributed by atoms with Crippen molar-refractivity contribution in [3.05, 3.63) is 28.8 Å². The standard InChI is InChI=1S/C20H26ClN3O3/c1-27-18-6-5-12(8-15(18)21)20(26)23-11-17-14-7-13(9-22-10-14)16-3-2-4-19(25)24(16)17/h5-6,8,13-14,16-17,22H,2-4,7,9-11H2,1H3,(H,23,26)/t13-,14+,16+,17+/m1/s1. The monoisotopic (exact) mass is 391 g/mol. The highest BCUT2D eigenvalue weighted by Crippen LogP contribution is 2.39. The summed E-state index contributed by atoms with van der Waals surface area (Å²) in [6, 6.07) is 5.38. The Morgan fingerprint density at radius 3 is 2.96 bits per heavy atom. The molecule has 1 aromatic carbocycles. The van der Waals surface area contributed by atoms with E-state index < -0.39 is 0 Å². The zero-order chi connectivity index (χ0) is 19.0. The summed E-state index contributed by atoms with van der Waals surface area (Å²) < 4.78 is 5.14. The lowest BCUT2D eigenvalue weighted by molar-refractivity contribution is -0.148. The smallest absolute Gasteiger partial charge is 0.251 e. The summed E-state index contributed by atoms with van der Waals surface area (Å²) in [6.45, 7) is 2.38. The Bertz CT molecular complexity index is 741. The highest BCUT2D eigenvalue weighted by Gasteiger charge is 2.47. The molecule has 4 rings (SSSR count). The Hall–Kier alpha value is -1.79. The van der Waals surface area contributed by atoms with Crippen LogP contribution in [-0.2, 0) is 4.79 Å². The molecule has 4 atom stereocenters. The lowest BCUT2D eigenvalue weighted by Crippen LogP contribution is -2.66. The zero-order valence-corrected chi connectivity index (χ0v) is 16.3. The fourth-order valence-corrected chi connectivity index (χ4v) is 5.26. The van der Waals surface area contributed by atoms with Gasteiger partial charge in [0.25, 0.3) is 5.91 Å². The summed E-state index contributed by atoms with van der Waals surface area (Å²) in [5, 5.41) is 6.96. The Labute approximate surface area is 164 Å². The second-order valence-electron chi connectivity index (χ2n) is 7.80. The van der Waals surface area contributed by atoms with Crippen molar-refractivity contribution in [3.63, 3.8) is 0 Å². The maximum absolute atomic E-state index is 12.7. The van der Waals surface area contributed by atoms with Crippen molar-refractivity contribution in [1.29, 1.82) is 0 Å². The minimum Gasteiger partial charge on any atom is -0.495 e. The van der Waals surface area contributed by atoms with Gasteiger partial charge in [0.15, 0.2) is 0 Å². The van der Waals surface area contributed by atoms with Gasteiger partial charge in [0.1, 0.15) is 5.75 Å². The number of fused-ring (bicyclic) bond motifs is 4. The van der Waals surface area contributed by atoms with Gasteiger partial charge >= 0.3 is 0 Å². The molecule has 0 saturated carbocycles. The van der Waals surface area contributed by atoms with E-state index in [0.29, 0.717) is 47.2 Å². The van der Waals surface area contributed by atoms with Gasteiger partial charge in [-0.15, -0.1) is 0 Å². The van der Waals surface area contributed by atoms with Gasteiger partial charge in [0.05, 0.1) is 18.2 Å². The number of nitrogens with zero attached hydrogens (tertiary/aromatic N) is 1. The third-order valence-corrected chi connectivity index (χ3v) is 6.58. The van der Waals surface area contributed by atoms with Crippen molar-refractivity contribution in [3.8, 4) is 5.75 Å². The number of ether oxygens (including phenoxy) is 1. The Morgan fingerprint density at radius 2 is 2.19 bits per heavy atom. The molecule has 2 N–H and O–H groups in total. The van der Waals surface area contributed by atoms with E-state index in [0.717, 1.165) is 32.4 Å². The first-order chi connectivity index (χ1) is 13.1. The summed E-state index contributed by atoms with van der Waals surface area (Å²) in [4.78, 5) is 27.4. The molecule has 3 heterocycles. The molecule has 6 nitrogen and oxygen atoms in total. The van der Waals surface area contributed by atoms with E-state index in [1.807, 2.05) is 0 Å². The van der Waals surface area contributed by atoms with Crippen LogP contribution in [0.15, 0.2) is 18.2 Å². The lowest BCUT2D eigenvalue weighted by atomic mass is 9.72. The molecule has 3 aliphatic rings. The number of hydrogen-bond acceptors (Lipinski definition) is 4. The number of benzene rings is 1. The average molecular weight is 392 g/mol. The summed E-state index contributed by atoms with van der Waals surface area (Å²) in [7, 11) is 1.54. The van der Waals surface area contributed by atoms with Crippen LogP contribution in [0.4, 0.5) is 0 Å². The van der Waals surface area contributed by atoms with E-state index in [1.165, 1.54) is 0 Å². The average Bonchev–Trinajstić information content (AvgIpc) is 2.68. The number of nitrogens with one attached hydrogen (secondary N) is 2. The molecule has 27 heavy (non-hydrogen) atoms. The van der Waals surface area contributed by atoms with Crippen LogP contribution in [0.3, 0.4) is 0 Å². The molecule has 146 valence electrons. The Morgan fingerprint density at radius 1 is 1.37 bits per heavy atom. The van der Waals surface area contributed by atoms with Crippen molar-refractivity contribution in [2.45, 2.75) is 37.8 Å². The number of piperidine rings is 3. The summed E-state index contributed by atoms with van der Waals surface area (Å²) in [6.07, 6.45) is 3.81. The van der Waals surface area contributed by atoms with Crippen molar-refractivity contribution in [1.82, 2.24) is 15.5 Å². The molecule has 0 aromatic heterocycles. The minimum atomic E-state index is -0.175. The second-order valence-corrected chi connectivity index (χ2v) is 8.21. The molecule has 0 spiro atoms. The van der Waals surface area contributed by atoms with Crippen LogP contribution in [0.25, 0.3) is 0 Å². The van der Waals surface area contributed by atoms with Gasteiger partial charge in [-0.2, -0.15) is 0 Å². The largest absolute Gasteiger partial charge is 0.495 e. The molecular formula is C20H26ClN3O3. The molecule has 7 heteroatoms. The van der Waals surface area contributed by atoms with Gasteiger partial charge in [0.2, 0.25) is 5.91 Å². The number of halogens is 1. The first-order valence-corrected chi connectivity index (χ1v) is 10.1. The van der Waals surface area contributed by atoms with E-state index in [9.17, 15) is 9.59 Å². The first kappa shape index (κ1) is 18.6. The second kappa shape index (κ2) is 7.68. The van der Waals surface area contributed by atoms with Crippen molar-refractivity contribution >= 4 is 23.4 Å². The normalized spacial score (nSPS) is 29.9. The quantitative estimate of drug-likeness (QED) is 0.824. The fraction of sp³-hybridized carbons (Fsp3) is 0.600. The summed E-state index contributed by atoms with van der Waals surface area (Å²) in [5.41, 5.74) is 0.498. The van der Waals surface area contributed by atoms with Crippen LogP contribution in [0.5, 0.6) is 5.75 Å². The first-order valence-electron chi connectivity index (χ1n) is 9.72. The molecule has 3 fully saturated rings. The number of rotatable bonds is 4. The predicted octanol–water partition coefficient (Wildman–Crippen LogP) is 2.07. The van der Waals surface area contributed by atoms with E-state index in [4.69, 9.17) is 16.3 Å². The van der Waals surface area contributed by atoms with Crippen LogP contribution in [0, 0.1) is 11.8 Å². The van der Waals surface area contributed by atoms with Gasteiger partial charge in [-0.1, -0.05) is 11.6 Å². The predicted molar refractivity (Wildman–Crippen MR) is 103 cm³/mol. The van der Waals surface area contributed by atoms with Gasteiger partial charge in [-0.3, -0.25) is 9.59 Å². The van der Waals surface area contributed by atoms with Crippen LogP contribution in [-0.4, -0.2) is 55.5 Å². The molecule has 0 radical (unpaired) electrons. The molecule has 1 aromatic rings. The van der Waals surface area contributed by atoms with Crippen LogP contribution in [0.1, 0.15) is 36.0 Å². The summed E-state index contributed by atoms with van der Waals surface area (Å²) in [5.74, 6) is 1.55. The third-order valence-electron chi connectivity index (χ3n) is 6.29. The molecule has 3 aliphatic heterocycles. The van der Waals surface area contributed by atoms with E-state index in [-0.39, 0.29) is 17.9 Å². The van der Waals surface area contributed by atoms with Crippen molar-refractivity contribution in [2.75, 3.05) is 26.7 Å². The van der Waals surface area contributed by atoms with Crippen molar-refractivity contribution in [2.24, 2.45) is 11.8 Å². The lowest BCUT2D eigenvalue weighted by Gasteiger charge is -2.54. The number of amides is 2. The Kier molecular flexibility index (Phi) is 5.28. The Balaban J connectivity index is 1.48. The fourth-order valence-electron chi connectivity index (χ4n) is 5.00. The molecule has 0 unspecified atom stereocenters. The maximum atomic E-state index is 12.7. The van der Waals surface area contributed by atoms with Crippen LogP contribution >= 0.6 is 11.6 Å². The number of methoxy groups -OCH3 is 1. The topological polar surface area (TPSA) is 70.7 Å². The van der Waals surface area contributed by atoms with E-state index in [1.54, 1.807) is 25.3 Å². The maximum Gasteiger partial charge on any atom is 0.251 e. The molecule has 3 saturated heterocycles. The van der Waals surface area contributed by atoms with Crippen LogP contribution < -0.4 is 15.4 Å². The van der Waals surface area contributed by atoms with Gasteiger partial charge < -0.3 is 20.3 Å². The van der Waals surface area contributed by atoms with E-state index >= 15 is 0 Å². The SMILES string of the molecule is COc1ccc(C(=O)NC[C@H]2[C@@H]3CNC[C@@H](C3)[C@@H]3CCCC(=O)N32)cc1Cl. The number of carbonyl (C=O) groups excluding carboxylic acids is 2. The number of carbonyl (C=O) groups is 2. The van der Waals surface area contributed by atoms with Crippen molar-refractivity contribution < 1.29 is 14.3 Å². The molecule has 0 aliphatic carbocycles. The van der Waals surface area contributed by atoms with Gasteiger partial charge in [0, 0.05) is 31.1 Å². The highest BCUT2D eigenvalue weighted by atomic mass is 35.5. The van der Waals surface area contributed by atoms with Gasteiger partial charge in [-0.05, 0) is 55.8 Å². The third kappa shape index (κ3) is 3.52. The van der Waals surface area contributed by atoms with Crippen LogP contribution in [0.2, 0.25) is 5.02 Å². The summed E-state index contributed by atoms with van der Waals surface area (Å²) >= 11 is 6.14. The van der Waals surface area contributed by atoms with E-state index in [2.05, 4.69) is 15.5 Å². The highest BCUT2D eigenvalue weighted by molar-refractivity contribution is 6.32.